The first-order chi connectivity index (χ1) is 8.99. The van der Waals surface area contributed by atoms with Gasteiger partial charge in [-0.15, -0.1) is 0 Å². The molecular formula is C11H11ClFN3O3. The summed E-state index contributed by atoms with van der Waals surface area (Å²) in [6.07, 6.45) is 1.32. The third kappa shape index (κ3) is 2.93. The number of amides is 1. The van der Waals surface area contributed by atoms with Crippen LogP contribution in [0, 0.1) is 15.9 Å². The summed E-state index contributed by atoms with van der Waals surface area (Å²) in [6.45, 7) is 0.587. The fraction of sp³-hybridized carbons (Fsp3) is 0.364. The van der Waals surface area contributed by atoms with Crippen molar-refractivity contribution in [1.82, 2.24) is 5.32 Å². The second-order valence-corrected chi connectivity index (χ2v) is 4.58. The van der Waals surface area contributed by atoms with Gasteiger partial charge in [-0.05, 0) is 18.9 Å². The highest BCUT2D eigenvalue weighted by Gasteiger charge is 2.25. The number of hydrogen-bond acceptors (Lipinski definition) is 4. The van der Waals surface area contributed by atoms with E-state index in [1.54, 1.807) is 0 Å². The summed E-state index contributed by atoms with van der Waals surface area (Å²) in [5.74, 6) is -1.10. The average Bonchev–Trinajstić information content (AvgIpc) is 2.36. The Labute approximate surface area is 113 Å². The summed E-state index contributed by atoms with van der Waals surface area (Å²) in [5.41, 5.74) is -0.404. The largest absolute Gasteiger partial charge is 0.368 e. The van der Waals surface area contributed by atoms with Crippen LogP contribution in [0.25, 0.3) is 0 Å². The molecule has 0 spiro atoms. The molecule has 1 aromatic carbocycles. The van der Waals surface area contributed by atoms with E-state index >= 15 is 0 Å². The average molecular weight is 288 g/mol. The van der Waals surface area contributed by atoms with Gasteiger partial charge in [0.25, 0.3) is 5.69 Å². The molecule has 1 amide bonds. The molecule has 19 heavy (non-hydrogen) atoms. The molecule has 6 nitrogen and oxygen atoms in total. The molecule has 1 saturated heterocycles. The van der Waals surface area contributed by atoms with Gasteiger partial charge >= 0.3 is 0 Å². The van der Waals surface area contributed by atoms with E-state index < -0.39 is 22.5 Å². The fourth-order valence-electron chi connectivity index (χ4n) is 1.90. The Morgan fingerprint density at radius 3 is 2.89 bits per heavy atom. The number of hydrogen-bond donors (Lipinski definition) is 2. The molecule has 2 N–H and O–H groups in total. The number of benzene rings is 1. The molecule has 1 atom stereocenters. The van der Waals surface area contributed by atoms with Crippen LogP contribution in [0.3, 0.4) is 0 Å². The van der Waals surface area contributed by atoms with E-state index in [4.69, 9.17) is 11.6 Å². The summed E-state index contributed by atoms with van der Waals surface area (Å²) in [6, 6.07) is 1.29. The van der Waals surface area contributed by atoms with Crippen LogP contribution in [0.5, 0.6) is 0 Å². The van der Waals surface area contributed by atoms with E-state index in [9.17, 15) is 19.3 Å². The van der Waals surface area contributed by atoms with Crippen LogP contribution in [-0.4, -0.2) is 23.4 Å². The van der Waals surface area contributed by atoms with Gasteiger partial charge in [-0.2, -0.15) is 0 Å². The van der Waals surface area contributed by atoms with E-state index in [1.165, 1.54) is 0 Å². The van der Waals surface area contributed by atoms with Crippen LogP contribution in [0.2, 0.25) is 5.02 Å². The van der Waals surface area contributed by atoms with Gasteiger partial charge in [-0.3, -0.25) is 14.9 Å². The van der Waals surface area contributed by atoms with Crippen molar-refractivity contribution < 1.29 is 14.1 Å². The molecule has 0 bridgehead atoms. The number of halogens is 2. The number of nitrogens with one attached hydrogen (secondary N) is 2. The first-order valence-electron chi connectivity index (χ1n) is 5.66. The molecule has 1 heterocycles. The lowest BCUT2D eigenvalue weighted by atomic mass is 10.1. The minimum atomic E-state index is -0.869. The number of nitro groups is 1. The number of carbonyl (C=O) groups excluding carboxylic acids is 1. The Balaban J connectivity index is 2.30. The molecule has 1 aliphatic rings. The number of nitrogens with zero attached hydrogens (tertiary/aromatic N) is 1. The van der Waals surface area contributed by atoms with Gasteiger partial charge in [0, 0.05) is 6.54 Å². The summed E-state index contributed by atoms with van der Waals surface area (Å²) >= 11 is 5.61. The monoisotopic (exact) mass is 287 g/mol. The molecule has 1 unspecified atom stereocenters. The number of carbonyl (C=O) groups is 1. The van der Waals surface area contributed by atoms with Crippen molar-refractivity contribution >= 4 is 28.9 Å². The van der Waals surface area contributed by atoms with Crippen molar-refractivity contribution in [2.75, 3.05) is 11.9 Å². The van der Waals surface area contributed by atoms with Gasteiger partial charge in [0.2, 0.25) is 5.91 Å². The minimum Gasteiger partial charge on any atom is -0.368 e. The zero-order valence-electron chi connectivity index (χ0n) is 9.78. The zero-order chi connectivity index (χ0) is 14.0. The van der Waals surface area contributed by atoms with E-state index in [1.807, 2.05) is 0 Å². The van der Waals surface area contributed by atoms with Crippen LogP contribution < -0.4 is 10.6 Å². The zero-order valence-corrected chi connectivity index (χ0v) is 10.5. The highest BCUT2D eigenvalue weighted by molar-refractivity contribution is 6.31. The fourth-order valence-corrected chi connectivity index (χ4v) is 2.06. The quantitative estimate of drug-likeness (QED) is 0.658. The molecule has 8 heteroatoms. The molecule has 102 valence electrons. The highest BCUT2D eigenvalue weighted by atomic mass is 35.5. The maximum absolute atomic E-state index is 13.2. The second kappa shape index (κ2) is 5.40. The molecule has 1 aliphatic heterocycles. The third-order valence-corrected chi connectivity index (χ3v) is 3.14. The first kappa shape index (κ1) is 13.5. The summed E-state index contributed by atoms with van der Waals surface area (Å²) < 4.78 is 13.2. The maximum Gasteiger partial charge on any atom is 0.295 e. The second-order valence-electron chi connectivity index (χ2n) is 4.17. The van der Waals surface area contributed by atoms with Crippen molar-refractivity contribution in [2.45, 2.75) is 18.9 Å². The maximum atomic E-state index is 13.2. The predicted octanol–water partition coefficient (Wildman–Crippen LogP) is 2.08. The standard InChI is InChI=1S/C11H11ClFN3O3/c12-6-4-9(10(16(18)19)5-7(6)13)15-8-2-1-3-14-11(8)17/h4-5,8,15H,1-3H2,(H,14,17). The van der Waals surface area contributed by atoms with Crippen LogP contribution in [0.1, 0.15) is 12.8 Å². The molecule has 0 aromatic heterocycles. The van der Waals surface area contributed by atoms with E-state index in [-0.39, 0.29) is 16.6 Å². The van der Waals surface area contributed by atoms with Crippen molar-refractivity contribution in [2.24, 2.45) is 0 Å². The van der Waals surface area contributed by atoms with Gasteiger partial charge < -0.3 is 10.6 Å². The molecule has 0 saturated carbocycles. The molecule has 2 rings (SSSR count). The third-order valence-electron chi connectivity index (χ3n) is 2.85. The molecule has 1 aromatic rings. The first-order valence-corrected chi connectivity index (χ1v) is 6.04. The lowest BCUT2D eigenvalue weighted by molar-refractivity contribution is -0.384. The Hall–Kier alpha value is -1.89. The summed E-state index contributed by atoms with van der Waals surface area (Å²) in [7, 11) is 0. The number of nitro benzene ring substituents is 1. The minimum absolute atomic E-state index is 0.0402. The van der Waals surface area contributed by atoms with Gasteiger partial charge in [0.05, 0.1) is 16.0 Å². The van der Waals surface area contributed by atoms with Gasteiger partial charge in [0.1, 0.15) is 17.5 Å². The van der Waals surface area contributed by atoms with Crippen molar-refractivity contribution in [1.29, 1.82) is 0 Å². The Morgan fingerprint density at radius 2 is 2.26 bits per heavy atom. The van der Waals surface area contributed by atoms with Crippen LogP contribution in [0.15, 0.2) is 12.1 Å². The number of rotatable bonds is 3. The Kier molecular flexibility index (Phi) is 3.84. The number of piperidine rings is 1. The summed E-state index contributed by atoms with van der Waals surface area (Å²) in [5, 5.41) is 16.0. The van der Waals surface area contributed by atoms with Crippen LogP contribution in [0.4, 0.5) is 15.8 Å². The lowest BCUT2D eigenvalue weighted by Gasteiger charge is -2.23. The predicted molar refractivity (Wildman–Crippen MR) is 67.7 cm³/mol. The van der Waals surface area contributed by atoms with Gasteiger partial charge in [-0.25, -0.2) is 4.39 Å². The highest BCUT2D eigenvalue weighted by Crippen LogP contribution is 2.31. The lowest BCUT2D eigenvalue weighted by Crippen LogP contribution is -2.44. The summed E-state index contributed by atoms with van der Waals surface area (Å²) in [4.78, 5) is 21.7. The topological polar surface area (TPSA) is 84.3 Å². The smallest absolute Gasteiger partial charge is 0.295 e. The molecular weight excluding hydrogens is 277 g/mol. The van der Waals surface area contributed by atoms with Crippen molar-refractivity contribution in [3.8, 4) is 0 Å². The van der Waals surface area contributed by atoms with Crippen LogP contribution >= 0.6 is 11.6 Å². The normalized spacial score (nSPS) is 18.8. The van der Waals surface area contributed by atoms with E-state index in [2.05, 4.69) is 10.6 Å². The Bertz CT molecular complexity index is 538. The Morgan fingerprint density at radius 1 is 1.53 bits per heavy atom. The van der Waals surface area contributed by atoms with Crippen molar-refractivity contribution in [3.05, 3.63) is 33.1 Å². The molecule has 0 radical (unpaired) electrons. The van der Waals surface area contributed by atoms with Crippen LogP contribution in [-0.2, 0) is 4.79 Å². The van der Waals surface area contributed by atoms with E-state index in [0.717, 1.165) is 18.6 Å². The molecule has 1 fully saturated rings. The van der Waals surface area contributed by atoms with Crippen molar-refractivity contribution in [3.63, 3.8) is 0 Å². The van der Waals surface area contributed by atoms with E-state index in [0.29, 0.717) is 13.0 Å². The number of anilines is 1. The molecule has 0 aliphatic carbocycles. The van der Waals surface area contributed by atoms with Gasteiger partial charge in [-0.1, -0.05) is 11.6 Å². The SMILES string of the molecule is O=C1NCCCC1Nc1cc(Cl)c(F)cc1[N+](=O)[O-]. The van der Waals surface area contributed by atoms with Gasteiger partial charge in [0.15, 0.2) is 0 Å².